The van der Waals surface area contributed by atoms with E-state index in [0.29, 0.717) is 24.3 Å². The lowest BCUT2D eigenvalue weighted by atomic mass is 10.1. The van der Waals surface area contributed by atoms with Crippen LogP contribution >= 0.6 is 0 Å². The van der Waals surface area contributed by atoms with Gasteiger partial charge in [-0.25, -0.2) is 9.59 Å². The molecule has 0 spiro atoms. The lowest BCUT2D eigenvalue weighted by molar-refractivity contribution is 0.0485. The van der Waals surface area contributed by atoms with Crippen LogP contribution in [0.3, 0.4) is 0 Å². The number of ether oxygens (including phenoxy) is 2. The van der Waals surface area contributed by atoms with Gasteiger partial charge in [-0.05, 0) is 56.4 Å². The summed E-state index contributed by atoms with van der Waals surface area (Å²) in [5.41, 5.74) is 0.906. The molecule has 0 aliphatic carbocycles. The SMILES string of the molecule is CCCCC/C=C/CCCOC(=O)c1ccc(C(=O)OCCCCC)cc1. The molecule has 0 saturated carbocycles. The van der Waals surface area contributed by atoms with Crippen LogP contribution in [-0.4, -0.2) is 25.2 Å². The average molecular weight is 375 g/mol. The van der Waals surface area contributed by atoms with E-state index in [2.05, 4.69) is 26.0 Å². The monoisotopic (exact) mass is 374 g/mol. The number of carbonyl (C=O) groups is 2. The van der Waals surface area contributed by atoms with Crippen molar-refractivity contribution in [1.29, 1.82) is 0 Å². The van der Waals surface area contributed by atoms with Crippen molar-refractivity contribution in [2.24, 2.45) is 0 Å². The first-order valence-corrected chi connectivity index (χ1v) is 10.3. The summed E-state index contributed by atoms with van der Waals surface area (Å²) in [5.74, 6) is -0.707. The smallest absolute Gasteiger partial charge is 0.338 e. The van der Waals surface area contributed by atoms with E-state index in [-0.39, 0.29) is 11.9 Å². The van der Waals surface area contributed by atoms with Crippen molar-refractivity contribution in [3.8, 4) is 0 Å². The molecule has 0 unspecified atom stereocenters. The summed E-state index contributed by atoms with van der Waals surface area (Å²) in [6, 6.07) is 6.44. The number of allylic oxidation sites excluding steroid dienone is 2. The van der Waals surface area contributed by atoms with Gasteiger partial charge in [-0.1, -0.05) is 51.7 Å². The summed E-state index contributed by atoms with van der Waals surface area (Å²) >= 11 is 0. The van der Waals surface area contributed by atoms with Gasteiger partial charge in [0.15, 0.2) is 0 Å². The van der Waals surface area contributed by atoms with Gasteiger partial charge in [0.25, 0.3) is 0 Å². The van der Waals surface area contributed by atoms with Crippen molar-refractivity contribution >= 4 is 11.9 Å². The largest absolute Gasteiger partial charge is 0.462 e. The summed E-state index contributed by atoms with van der Waals surface area (Å²) < 4.78 is 10.5. The van der Waals surface area contributed by atoms with Crippen molar-refractivity contribution < 1.29 is 19.1 Å². The Balaban J connectivity index is 2.24. The maximum atomic E-state index is 12.0. The summed E-state index contributed by atoms with van der Waals surface area (Å²) in [6.45, 7) is 5.14. The molecule has 1 aromatic carbocycles. The van der Waals surface area contributed by atoms with Gasteiger partial charge in [-0.3, -0.25) is 0 Å². The van der Waals surface area contributed by atoms with E-state index in [9.17, 15) is 9.59 Å². The van der Waals surface area contributed by atoms with Gasteiger partial charge in [0.1, 0.15) is 0 Å². The van der Waals surface area contributed by atoms with Crippen molar-refractivity contribution in [3.05, 3.63) is 47.5 Å². The molecule has 0 N–H and O–H groups in total. The highest BCUT2D eigenvalue weighted by atomic mass is 16.5. The molecule has 4 heteroatoms. The first-order valence-electron chi connectivity index (χ1n) is 10.3. The second kappa shape index (κ2) is 15.0. The number of hydrogen-bond acceptors (Lipinski definition) is 4. The van der Waals surface area contributed by atoms with Gasteiger partial charge in [0.2, 0.25) is 0 Å². The quantitative estimate of drug-likeness (QED) is 0.224. The first-order chi connectivity index (χ1) is 13.2. The molecule has 0 saturated heterocycles. The summed E-state index contributed by atoms with van der Waals surface area (Å²) in [4.78, 5) is 23.9. The molecule has 0 aromatic heterocycles. The van der Waals surface area contributed by atoms with Crippen LogP contribution in [0.1, 0.15) is 92.4 Å². The fourth-order valence-corrected chi connectivity index (χ4v) is 2.54. The summed E-state index contributed by atoms with van der Waals surface area (Å²) in [6.07, 6.45) is 14.0. The lowest BCUT2D eigenvalue weighted by Gasteiger charge is -2.06. The first kappa shape index (κ1) is 22.9. The fraction of sp³-hybridized carbons (Fsp3) is 0.565. The number of carbonyl (C=O) groups excluding carboxylic acids is 2. The normalized spacial score (nSPS) is 10.9. The molecule has 0 fully saturated rings. The molecular weight excluding hydrogens is 340 g/mol. The van der Waals surface area contributed by atoms with Crippen LogP contribution < -0.4 is 0 Å². The third-order valence-corrected chi connectivity index (χ3v) is 4.23. The number of hydrogen-bond donors (Lipinski definition) is 0. The van der Waals surface area contributed by atoms with Crippen molar-refractivity contribution in [2.75, 3.05) is 13.2 Å². The Hall–Kier alpha value is -2.10. The average Bonchev–Trinajstić information content (AvgIpc) is 2.69. The Kier molecular flexibility index (Phi) is 12.7. The highest BCUT2D eigenvalue weighted by Crippen LogP contribution is 2.09. The third-order valence-electron chi connectivity index (χ3n) is 4.23. The van der Waals surface area contributed by atoms with Crippen LogP contribution in [0.25, 0.3) is 0 Å². The van der Waals surface area contributed by atoms with Gasteiger partial charge in [-0.2, -0.15) is 0 Å². The Morgan fingerprint density at radius 1 is 0.704 bits per heavy atom. The Bertz CT molecular complexity index is 560. The molecule has 1 rings (SSSR count). The number of esters is 2. The molecule has 0 heterocycles. The van der Waals surface area contributed by atoms with E-state index < -0.39 is 0 Å². The number of rotatable bonds is 14. The van der Waals surface area contributed by atoms with E-state index in [1.165, 1.54) is 19.3 Å². The minimum Gasteiger partial charge on any atom is -0.462 e. The zero-order valence-corrected chi connectivity index (χ0v) is 16.9. The third kappa shape index (κ3) is 10.6. The lowest BCUT2D eigenvalue weighted by Crippen LogP contribution is -2.09. The molecule has 0 aliphatic rings. The van der Waals surface area contributed by atoms with E-state index in [1.54, 1.807) is 24.3 Å². The maximum absolute atomic E-state index is 12.0. The highest BCUT2D eigenvalue weighted by Gasteiger charge is 2.10. The zero-order chi connectivity index (χ0) is 19.7. The molecule has 150 valence electrons. The van der Waals surface area contributed by atoms with Crippen LogP contribution in [-0.2, 0) is 9.47 Å². The Labute approximate surface area is 163 Å². The van der Waals surface area contributed by atoms with E-state index in [1.807, 2.05) is 0 Å². The molecule has 1 aromatic rings. The molecule has 0 radical (unpaired) electrons. The van der Waals surface area contributed by atoms with Gasteiger partial charge in [0, 0.05) is 0 Å². The molecular formula is C23H34O4. The highest BCUT2D eigenvalue weighted by molar-refractivity contribution is 5.93. The van der Waals surface area contributed by atoms with Gasteiger partial charge in [0.05, 0.1) is 24.3 Å². The van der Waals surface area contributed by atoms with Crippen molar-refractivity contribution in [3.63, 3.8) is 0 Å². The summed E-state index contributed by atoms with van der Waals surface area (Å²) in [5, 5.41) is 0. The topological polar surface area (TPSA) is 52.6 Å². The Morgan fingerprint density at radius 2 is 1.15 bits per heavy atom. The number of unbranched alkanes of at least 4 members (excludes halogenated alkanes) is 6. The fourth-order valence-electron chi connectivity index (χ4n) is 2.54. The van der Waals surface area contributed by atoms with Gasteiger partial charge < -0.3 is 9.47 Å². The van der Waals surface area contributed by atoms with Gasteiger partial charge >= 0.3 is 11.9 Å². The molecule has 4 nitrogen and oxygen atoms in total. The maximum Gasteiger partial charge on any atom is 0.338 e. The minimum absolute atomic E-state index is 0.350. The van der Waals surface area contributed by atoms with E-state index >= 15 is 0 Å². The Morgan fingerprint density at radius 3 is 1.67 bits per heavy atom. The predicted molar refractivity (Wildman–Crippen MR) is 109 cm³/mol. The van der Waals surface area contributed by atoms with Crippen LogP contribution in [0.5, 0.6) is 0 Å². The van der Waals surface area contributed by atoms with E-state index in [4.69, 9.17) is 9.47 Å². The van der Waals surface area contributed by atoms with E-state index in [0.717, 1.165) is 38.5 Å². The molecule has 0 bridgehead atoms. The molecule has 27 heavy (non-hydrogen) atoms. The number of benzene rings is 1. The second-order valence-electron chi connectivity index (χ2n) is 6.67. The van der Waals surface area contributed by atoms with Crippen molar-refractivity contribution in [1.82, 2.24) is 0 Å². The van der Waals surface area contributed by atoms with Crippen molar-refractivity contribution in [2.45, 2.75) is 71.6 Å². The van der Waals surface area contributed by atoms with Crippen LogP contribution in [0.15, 0.2) is 36.4 Å². The summed E-state index contributed by atoms with van der Waals surface area (Å²) in [7, 11) is 0. The van der Waals surface area contributed by atoms with Gasteiger partial charge in [-0.15, -0.1) is 0 Å². The van der Waals surface area contributed by atoms with Crippen LogP contribution in [0, 0.1) is 0 Å². The van der Waals surface area contributed by atoms with Crippen LogP contribution in [0.2, 0.25) is 0 Å². The van der Waals surface area contributed by atoms with Crippen LogP contribution in [0.4, 0.5) is 0 Å². The minimum atomic E-state index is -0.357. The predicted octanol–water partition coefficient (Wildman–Crippen LogP) is 6.11. The zero-order valence-electron chi connectivity index (χ0n) is 16.9. The molecule has 0 atom stereocenters. The molecule has 0 amide bonds. The second-order valence-corrected chi connectivity index (χ2v) is 6.67. The standard InChI is InChI=1S/C23H34O4/c1-3-5-7-8-9-10-11-13-19-27-23(25)21-16-14-20(15-17-21)22(24)26-18-12-6-4-2/h9-10,14-17H,3-8,11-13,18-19H2,1-2H3/b10-9+. The molecule has 0 aliphatic heterocycles.